The van der Waals surface area contributed by atoms with Crippen LogP contribution in [-0.2, 0) is 0 Å². The minimum absolute atomic E-state index is 0.171. The Morgan fingerprint density at radius 2 is 1.63 bits per heavy atom. The minimum Gasteiger partial charge on any atom is -0.332 e. The number of nitrogens with one attached hydrogen (secondary N) is 3. The molecule has 2 amide bonds. The third kappa shape index (κ3) is 5.22. The van der Waals surface area contributed by atoms with Crippen LogP contribution in [0.1, 0.15) is 25.6 Å². The maximum atomic E-state index is 12.5. The Bertz CT molecular complexity index is 984. The molecule has 0 spiro atoms. The summed E-state index contributed by atoms with van der Waals surface area (Å²) in [5.74, 6) is -0.492. The summed E-state index contributed by atoms with van der Waals surface area (Å²) in [5.41, 5.74) is 2.89. The molecule has 0 saturated heterocycles. The first-order valence-electron chi connectivity index (χ1n) is 8.15. The van der Waals surface area contributed by atoms with Gasteiger partial charge in [-0.3, -0.25) is 14.9 Å². The molecule has 3 N–H and O–H groups in total. The van der Waals surface area contributed by atoms with Gasteiger partial charge in [0, 0.05) is 16.9 Å². The maximum absolute atomic E-state index is 12.5. The molecule has 1 aromatic heterocycles. The molecular weight excluding hydrogens is 378 g/mol. The van der Waals surface area contributed by atoms with Crippen molar-refractivity contribution in [2.24, 2.45) is 0 Å². The Morgan fingerprint density at radius 3 is 2.33 bits per heavy atom. The second-order valence-corrected chi connectivity index (χ2v) is 7.15. The maximum Gasteiger partial charge on any atom is 0.267 e. The predicted octanol–water partition coefficient (Wildman–Crippen LogP) is 4.44. The SMILES string of the molecule is Cc1cccc(NC(=O)c2cccc(NC(=S)NC(=O)c3cccs3)c2)c1. The highest BCUT2D eigenvalue weighted by Crippen LogP contribution is 2.15. The molecular formula is C20H17N3O2S2. The summed E-state index contributed by atoms with van der Waals surface area (Å²) in [6.07, 6.45) is 0. The number of amides is 2. The molecule has 0 aliphatic heterocycles. The van der Waals surface area contributed by atoms with Crippen LogP contribution in [0.4, 0.5) is 11.4 Å². The quantitative estimate of drug-likeness (QED) is 0.572. The Kier molecular flexibility index (Phi) is 5.95. The van der Waals surface area contributed by atoms with Crippen LogP contribution in [0.3, 0.4) is 0 Å². The van der Waals surface area contributed by atoms with Crippen molar-refractivity contribution in [2.75, 3.05) is 10.6 Å². The van der Waals surface area contributed by atoms with E-state index in [9.17, 15) is 9.59 Å². The van der Waals surface area contributed by atoms with Gasteiger partial charge in [-0.1, -0.05) is 24.3 Å². The van der Waals surface area contributed by atoms with E-state index in [2.05, 4.69) is 16.0 Å². The lowest BCUT2D eigenvalue weighted by molar-refractivity contribution is 0.0980. The number of thiophene rings is 1. The molecule has 0 aliphatic carbocycles. The molecule has 0 saturated carbocycles. The molecule has 1 heterocycles. The fourth-order valence-electron chi connectivity index (χ4n) is 2.40. The van der Waals surface area contributed by atoms with Crippen molar-refractivity contribution in [3.8, 4) is 0 Å². The average molecular weight is 396 g/mol. The first kappa shape index (κ1) is 18.8. The second kappa shape index (κ2) is 8.57. The fraction of sp³-hybridized carbons (Fsp3) is 0.0500. The van der Waals surface area contributed by atoms with Crippen LogP contribution in [0, 0.1) is 6.92 Å². The largest absolute Gasteiger partial charge is 0.332 e. The number of hydrogen-bond donors (Lipinski definition) is 3. The van der Waals surface area contributed by atoms with E-state index < -0.39 is 0 Å². The molecule has 3 rings (SSSR count). The zero-order chi connectivity index (χ0) is 19.2. The van der Waals surface area contributed by atoms with Gasteiger partial charge in [0.25, 0.3) is 11.8 Å². The molecule has 0 aliphatic rings. The lowest BCUT2D eigenvalue weighted by Gasteiger charge is -2.11. The van der Waals surface area contributed by atoms with Gasteiger partial charge in [0.15, 0.2) is 5.11 Å². The van der Waals surface area contributed by atoms with Crippen molar-refractivity contribution < 1.29 is 9.59 Å². The van der Waals surface area contributed by atoms with Crippen molar-refractivity contribution in [1.29, 1.82) is 0 Å². The first-order valence-corrected chi connectivity index (χ1v) is 9.44. The zero-order valence-electron chi connectivity index (χ0n) is 14.5. The molecule has 5 nitrogen and oxygen atoms in total. The average Bonchev–Trinajstić information content (AvgIpc) is 3.16. The molecule has 0 unspecified atom stereocenters. The van der Waals surface area contributed by atoms with Gasteiger partial charge in [0.05, 0.1) is 4.88 Å². The Hall–Kier alpha value is -3.03. The third-order valence-electron chi connectivity index (χ3n) is 3.63. The number of anilines is 2. The summed E-state index contributed by atoms with van der Waals surface area (Å²) >= 11 is 6.51. The van der Waals surface area contributed by atoms with Gasteiger partial charge in [0.2, 0.25) is 0 Å². The Labute approximate surface area is 166 Å². The minimum atomic E-state index is -0.268. The normalized spacial score (nSPS) is 10.1. The first-order chi connectivity index (χ1) is 13.0. The van der Waals surface area contributed by atoms with Crippen LogP contribution in [0.5, 0.6) is 0 Å². The highest BCUT2D eigenvalue weighted by molar-refractivity contribution is 7.80. The van der Waals surface area contributed by atoms with Gasteiger partial charge in [-0.2, -0.15) is 0 Å². The van der Waals surface area contributed by atoms with Gasteiger partial charge >= 0.3 is 0 Å². The Balaban J connectivity index is 1.63. The van der Waals surface area contributed by atoms with E-state index in [1.54, 1.807) is 36.4 Å². The van der Waals surface area contributed by atoms with Crippen molar-refractivity contribution >= 4 is 51.9 Å². The summed E-state index contributed by atoms with van der Waals surface area (Å²) in [5, 5.41) is 10.4. The molecule has 0 radical (unpaired) electrons. The molecule has 3 aromatic rings. The zero-order valence-corrected chi connectivity index (χ0v) is 16.1. The number of hydrogen-bond acceptors (Lipinski definition) is 4. The van der Waals surface area contributed by atoms with Crippen LogP contribution in [0.25, 0.3) is 0 Å². The standard InChI is InChI=1S/C20H17N3O2S2/c1-13-5-2-7-15(11-13)21-18(24)14-6-3-8-16(12-14)22-20(26)23-19(25)17-9-4-10-27-17/h2-12H,1H3,(H,21,24)(H2,22,23,25,26). The summed E-state index contributed by atoms with van der Waals surface area (Å²) in [7, 11) is 0. The summed E-state index contributed by atoms with van der Waals surface area (Å²) in [4.78, 5) is 25.1. The van der Waals surface area contributed by atoms with Gasteiger partial charge in [-0.05, 0) is 66.5 Å². The van der Waals surface area contributed by atoms with Crippen LogP contribution in [0.15, 0.2) is 66.0 Å². The van der Waals surface area contributed by atoms with E-state index >= 15 is 0 Å². The number of rotatable bonds is 4. The molecule has 27 heavy (non-hydrogen) atoms. The highest BCUT2D eigenvalue weighted by atomic mass is 32.1. The number of carbonyl (C=O) groups is 2. The van der Waals surface area contributed by atoms with Crippen LogP contribution in [0.2, 0.25) is 0 Å². The monoisotopic (exact) mass is 395 g/mol. The second-order valence-electron chi connectivity index (χ2n) is 5.79. The molecule has 0 atom stereocenters. The van der Waals surface area contributed by atoms with Crippen molar-refractivity contribution in [2.45, 2.75) is 6.92 Å². The van der Waals surface area contributed by atoms with Crippen LogP contribution >= 0.6 is 23.6 Å². The topological polar surface area (TPSA) is 70.2 Å². The van der Waals surface area contributed by atoms with E-state index in [-0.39, 0.29) is 16.9 Å². The van der Waals surface area contributed by atoms with Crippen LogP contribution < -0.4 is 16.0 Å². The fourth-order valence-corrected chi connectivity index (χ4v) is 3.23. The summed E-state index contributed by atoms with van der Waals surface area (Å²) in [6.45, 7) is 1.96. The number of carbonyl (C=O) groups excluding carboxylic acids is 2. The molecule has 0 bridgehead atoms. The van der Waals surface area contributed by atoms with Crippen molar-refractivity contribution in [3.05, 3.63) is 82.0 Å². The number of thiocarbonyl (C=S) groups is 1. The molecule has 136 valence electrons. The lowest BCUT2D eigenvalue weighted by Crippen LogP contribution is -2.33. The van der Waals surface area contributed by atoms with Gasteiger partial charge in [0.1, 0.15) is 0 Å². The predicted molar refractivity (Wildman–Crippen MR) is 114 cm³/mol. The van der Waals surface area contributed by atoms with Gasteiger partial charge in [-0.15, -0.1) is 11.3 Å². The molecule has 2 aromatic carbocycles. The smallest absolute Gasteiger partial charge is 0.267 e. The van der Waals surface area contributed by atoms with Crippen molar-refractivity contribution in [3.63, 3.8) is 0 Å². The van der Waals surface area contributed by atoms with Gasteiger partial charge in [-0.25, -0.2) is 0 Å². The highest BCUT2D eigenvalue weighted by Gasteiger charge is 2.10. The van der Waals surface area contributed by atoms with Crippen LogP contribution in [-0.4, -0.2) is 16.9 Å². The van der Waals surface area contributed by atoms with E-state index in [0.717, 1.165) is 11.3 Å². The van der Waals surface area contributed by atoms with E-state index in [1.165, 1.54) is 11.3 Å². The Morgan fingerprint density at radius 1 is 0.889 bits per heavy atom. The summed E-state index contributed by atoms with van der Waals surface area (Å²) in [6, 6.07) is 18.0. The number of benzene rings is 2. The van der Waals surface area contributed by atoms with E-state index in [4.69, 9.17) is 12.2 Å². The summed E-state index contributed by atoms with van der Waals surface area (Å²) < 4.78 is 0. The molecule has 7 heteroatoms. The van der Waals surface area contributed by atoms with E-state index in [1.807, 2.05) is 36.6 Å². The van der Waals surface area contributed by atoms with Gasteiger partial charge < -0.3 is 10.6 Å². The number of aryl methyl sites for hydroxylation is 1. The lowest BCUT2D eigenvalue weighted by atomic mass is 10.1. The van der Waals surface area contributed by atoms with Crippen molar-refractivity contribution in [1.82, 2.24) is 5.32 Å². The van der Waals surface area contributed by atoms with E-state index in [0.29, 0.717) is 16.1 Å². The molecule has 0 fully saturated rings. The third-order valence-corrected chi connectivity index (χ3v) is 4.70.